The molecule has 0 saturated heterocycles. The highest BCUT2D eigenvalue weighted by atomic mass is 16.4. The van der Waals surface area contributed by atoms with Gasteiger partial charge in [-0.1, -0.05) is 6.08 Å². The monoisotopic (exact) mass is 144 g/mol. The number of carboxylic acids is 1. The molecule has 0 amide bonds. The minimum atomic E-state index is -0.955. The van der Waals surface area contributed by atoms with E-state index in [2.05, 4.69) is 0 Å². The van der Waals surface area contributed by atoms with Gasteiger partial charge in [-0.25, -0.2) is 4.79 Å². The summed E-state index contributed by atoms with van der Waals surface area (Å²) < 4.78 is 0. The van der Waals surface area contributed by atoms with Gasteiger partial charge in [0.05, 0.1) is 6.10 Å². The van der Waals surface area contributed by atoms with Gasteiger partial charge in [-0.05, 0) is 13.8 Å². The molecule has 3 nitrogen and oxygen atoms in total. The van der Waals surface area contributed by atoms with Crippen LogP contribution in [0, 0.1) is 0 Å². The van der Waals surface area contributed by atoms with E-state index in [1.807, 2.05) is 0 Å². The third-order valence-electron chi connectivity index (χ3n) is 1.14. The maximum absolute atomic E-state index is 10.3. The van der Waals surface area contributed by atoms with Crippen molar-refractivity contribution in [2.45, 2.75) is 26.4 Å². The van der Waals surface area contributed by atoms with E-state index in [0.29, 0.717) is 0 Å². The van der Waals surface area contributed by atoms with Crippen LogP contribution in [0.4, 0.5) is 0 Å². The topological polar surface area (TPSA) is 57.5 Å². The molecule has 0 radical (unpaired) electrons. The fourth-order valence-corrected chi connectivity index (χ4v) is 0.647. The zero-order chi connectivity index (χ0) is 8.15. The van der Waals surface area contributed by atoms with Crippen molar-refractivity contribution in [3.8, 4) is 0 Å². The van der Waals surface area contributed by atoms with Gasteiger partial charge in [0, 0.05) is 12.0 Å². The summed E-state index contributed by atoms with van der Waals surface area (Å²) in [5.74, 6) is -0.955. The number of carbonyl (C=O) groups is 1. The number of aliphatic hydroxyl groups excluding tert-OH is 1. The van der Waals surface area contributed by atoms with Gasteiger partial charge >= 0.3 is 5.97 Å². The van der Waals surface area contributed by atoms with Gasteiger partial charge in [-0.2, -0.15) is 0 Å². The smallest absolute Gasteiger partial charge is 0.331 e. The summed E-state index contributed by atoms with van der Waals surface area (Å²) >= 11 is 0. The molecule has 0 rings (SSSR count). The molecule has 0 spiro atoms. The van der Waals surface area contributed by atoms with Crippen LogP contribution in [-0.2, 0) is 4.79 Å². The van der Waals surface area contributed by atoms with Crippen LogP contribution in [0.15, 0.2) is 11.6 Å². The second kappa shape index (κ2) is 4.06. The van der Waals surface area contributed by atoms with Crippen LogP contribution in [-0.4, -0.2) is 22.3 Å². The Morgan fingerprint density at radius 3 is 2.30 bits per heavy atom. The van der Waals surface area contributed by atoms with Gasteiger partial charge in [0.25, 0.3) is 0 Å². The van der Waals surface area contributed by atoms with Gasteiger partial charge in [0.15, 0.2) is 0 Å². The van der Waals surface area contributed by atoms with E-state index in [1.165, 1.54) is 6.08 Å². The molecule has 10 heavy (non-hydrogen) atoms. The van der Waals surface area contributed by atoms with Crippen LogP contribution in [0.25, 0.3) is 0 Å². The van der Waals surface area contributed by atoms with Gasteiger partial charge in [0.2, 0.25) is 0 Å². The molecular formula is C7H12O3. The number of hydrogen-bond acceptors (Lipinski definition) is 2. The van der Waals surface area contributed by atoms with Crippen LogP contribution >= 0.6 is 0 Å². The molecule has 1 atom stereocenters. The van der Waals surface area contributed by atoms with Crippen LogP contribution < -0.4 is 0 Å². The molecule has 0 bridgehead atoms. The van der Waals surface area contributed by atoms with Crippen LogP contribution in [0.2, 0.25) is 0 Å². The zero-order valence-corrected chi connectivity index (χ0v) is 6.16. The molecular weight excluding hydrogens is 132 g/mol. The summed E-state index contributed by atoms with van der Waals surface area (Å²) in [6, 6.07) is 0. The molecule has 0 fully saturated rings. The van der Waals surface area contributed by atoms with Gasteiger partial charge < -0.3 is 10.2 Å². The van der Waals surface area contributed by atoms with E-state index in [0.717, 1.165) is 0 Å². The molecule has 0 aromatic heterocycles. The summed E-state index contributed by atoms with van der Waals surface area (Å²) in [5, 5.41) is 17.2. The minimum absolute atomic E-state index is 0.214. The summed E-state index contributed by atoms with van der Waals surface area (Å²) in [7, 11) is 0. The SMILES string of the molecule is CC=C(CC(C)O)C(=O)O. The summed E-state index contributed by atoms with van der Waals surface area (Å²) in [6.45, 7) is 3.21. The van der Waals surface area contributed by atoms with Crippen molar-refractivity contribution < 1.29 is 15.0 Å². The van der Waals surface area contributed by atoms with Crippen molar-refractivity contribution in [1.29, 1.82) is 0 Å². The third kappa shape index (κ3) is 3.25. The Kier molecular flexibility index (Phi) is 3.72. The number of hydrogen-bond donors (Lipinski definition) is 2. The van der Waals surface area contributed by atoms with E-state index in [1.54, 1.807) is 13.8 Å². The Labute approximate surface area is 60.0 Å². The van der Waals surface area contributed by atoms with E-state index in [4.69, 9.17) is 10.2 Å². The minimum Gasteiger partial charge on any atom is -0.478 e. The Bertz CT molecular complexity index is 147. The van der Waals surface area contributed by atoms with Crippen molar-refractivity contribution in [3.05, 3.63) is 11.6 Å². The van der Waals surface area contributed by atoms with E-state index in [-0.39, 0.29) is 12.0 Å². The molecule has 0 aliphatic heterocycles. The second-order valence-electron chi connectivity index (χ2n) is 2.17. The van der Waals surface area contributed by atoms with E-state index in [9.17, 15) is 4.79 Å². The highest BCUT2D eigenvalue weighted by Gasteiger charge is 2.07. The van der Waals surface area contributed by atoms with Crippen molar-refractivity contribution in [3.63, 3.8) is 0 Å². The Balaban J connectivity index is 3.99. The highest BCUT2D eigenvalue weighted by molar-refractivity contribution is 5.86. The third-order valence-corrected chi connectivity index (χ3v) is 1.14. The average Bonchev–Trinajstić information content (AvgIpc) is 1.81. The normalized spacial score (nSPS) is 14.9. The van der Waals surface area contributed by atoms with Gasteiger partial charge in [0.1, 0.15) is 0 Å². The first kappa shape index (κ1) is 9.17. The van der Waals surface area contributed by atoms with Crippen LogP contribution in [0.3, 0.4) is 0 Å². The molecule has 3 heteroatoms. The van der Waals surface area contributed by atoms with Gasteiger partial charge in [-0.3, -0.25) is 0 Å². The van der Waals surface area contributed by atoms with E-state index >= 15 is 0 Å². The fourth-order valence-electron chi connectivity index (χ4n) is 0.647. The highest BCUT2D eigenvalue weighted by Crippen LogP contribution is 2.04. The number of allylic oxidation sites excluding steroid dienone is 1. The number of aliphatic carboxylic acids is 1. The Morgan fingerprint density at radius 1 is 1.70 bits per heavy atom. The van der Waals surface area contributed by atoms with Crippen LogP contribution in [0.1, 0.15) is 20.3 Å². The molecule has 0 saturated carbocycles. The lowest BCUT2D eigenvalue weighted by molar-refractivity contribution is -0.133. The van der Waals surface area contributed by atoms with Crippen LogP contribution in [0.5, 0.6) is 0 Å². The molecule has 58 valence electrons. The van der Waals surface area contributed by atoms with Crippen molar-refractivity contribution in [1.82, 2.24) is 0 Å². The zero-order valence-electron chi connectivity index (χ0n) is 6.16. The second-order valence-corrected chi connectivity index (χ2v) is 2.17. The van der Waals surface area contributed by atoms with Crippen molar-refractivity contribution in [2.75, 3.05) is 0 Å². The molecule has 0 aliphatic carbocycles. The molecule has 0 heterocycles. The first-order chi connectivity index (χ1) is 4.57. The molecule has 1 unspecified atom stereocenters. The van der Waals surface area contributed by atoms with Crippen molar-refractivity contribution in [2.24, 2.45) is 0 Å². The molecule has 0 aliphatic rings. The lowest BCUT2D eigenvalue weighted by Gasteiger charge is -2.02. The first-order valence-electron chi connectivity index (χ1n) is 3.14. The van der Waals surface area contributed by atoms with Gasteiger partial charge in [-0.15, -0.1) is 0 Å². The van der Waals surface area contributed by atoms with E-state index < -0.39 is 12.1 Å². The summed E-state index contributed by atoms with van der Waals surface area (Å²) in [5.41, 5.74) is 0.259. The fraction of sp³-hybridized carbons (Fsp3) is 0.571. The lowest BCUT2D eigenvalue weighted by Crippen LogP contribution is -2.08. The summed E-state index contributed by atoms with van der Waals surface area (Å²) in [4.78, 5) is 10.3. The molecule has 2 N–H and O–H groups in total. The standard InChI is InChI=1S/C7H12O3/c1-3-6(7(9)10)4-5(2)8/h3,5,8H,4H2,1-2H3,(H,9,10). The quantitative estimate of drug-likeness (QED) is 0.576. The Morgan fingerprint density at radius 2 is 2.20 bits per heavy atom. The predicted octanol–water partition coefficient (Wildman–Crippen LogP) is 0.788. The molecule has 0 aromatic rings. The number of aliphatic hydroxyl groups is 1. The largest absolute Gasteiger partial charge is 0.478 e. The maximum Gasteiger partial charge on any atom is 0.331 e. The lowest BCUT2D eigenvalue weighted by atomic mass is 10.1. The van der Waals surface area contributed by atoms with Crippen molar-refractivity contribution >= 4 is 5.97 Å². The predicted molar refractivity (Wildman–Crippen MR) is 37.7 cm³/mol. The maximum atomic E-state index is 10.3. The number of carboxylic acid groups (broad SMARTS) is 1. The number of rotatable bonds is 3. The Hall–Kier alpha value is -0.830. The first-order valence-corrected chi connectivity index (χ1v) is 3.14. The molecule has 0 aromatic carbocycles. The average molecular weight is 144 g/mol. The summed E-state index contributed by atoms with van der Waals surface area (Å²) in [6.07, 6.45) is 1.13.